The molecule has 1 aromatic rings. The molecule has 1 aromatic carbocycles. The molecule has 0 heterocycles. The quantitative estimate of drug-likeness (QED) is 0.718. The summed E-state index contributed by atoms with van der Waals surface area (Å²) >= 11 is 0. The number of carboxylic acids is 1. The van der Waals surface area contributed by atoms with Gasteiger partial charge in [0.2, 0.25) is 0 Å². The van der Waals surface area contributed by atoms with Crippen LogP contribution in [0, 0.1) is 0 Å². The van der Waals surface area contributed by atoms with Crippen molar-refractivity contribution in [2.24, 2.45) is 0 Å². The number of benzene rings is 1. The van der Waals surface area contributed by atoms with Gasteiger partial charge in [-0.1, -0.05) is 37.4 Å². The predicted octanol–water partition coefficient (Wildman–Crippen LogP) is 2.13. The Bertz CT molecular complexity index is 405. The number of aliphatic carboxylic acids is 1. The van der Waals surface area contributed by atoms with Crippen LogP contribution in [-0.4, -0.2) is 16.2 Å². The molecule has 0 amide bonds. The number of phenolic OH excluding ortho intramolecular Hbond substituents is 1. The van der Waals surface area contributed by atoms with Gasteiger partial charge < -0.3 is 10.2 Å². The van der Waals surface area contributed by atoms with Gasteiger partial charge in [-0.05, 0) is 0 Å². The molecule has 0 aliphatic heterocycles. The minimum atomic E-state index is -1.15. The maximum absolute atomic E-state index is 10.6. The van der Waals surface area contributed by atoms with E-state index < -0.39 is 5.97 Å². The predicted molar refractivity (Wildman–Crippen MR) is 54.9 cm³/mol. The van der Waals surface area contributed by atoms with Crippen LogP contribution >= 0.6 is 0 Å². The van der Waals surface area contributed by atoms with Gasteiger partial charge in [-0.3, -0.25) is 0 Å². The van der Waals surface area contributed by atoms with E-state index in [1.54, 1.807) is 12.1 Å². The number of hydrogen-bond acceptors (Lipinski definition) is 2. The van der Waals surface area contributed by atoms with Gasteiger partial charge >= 0.3 is 5.97 Å². The van der Waals surface area contributed by atoms with Gasteiger partial charge in [0.05, 0.1) is 5.57 Å². The highest BCUT2D eigenvalue weighted by atomic mass is 16.4. The lowest BCUT2D eigenvalue weighted by Gasteiger charge is -2.06. The van der Waals surface area contributed by atoms with Gasteiger partial charge in [-0.15, -0.1) is 0 Å². The normalized spacial score (nSPS) is 9.43. The zero-order valence-corrected chi connectivity index (χ0v) is 7.53. The van der Waals surface area contributed by atoms with E-state index in [1.165, 1.54) is 12.1 Å². The SMILES string of the molecule is C=Cc1cccc(C(=C)C(=O)O)c1O. The summed E-state index contributed by atoms with van der Waals surface area (Å²) in [7, 11) is 0. The highest BCUT2D eigenvalue weighted by Crippen LogP contribution is 2.28. The fourth-order valence-electron chi connectivity index (χ4n) is 1.08. The Kier molecular flexibility index (Phi) is 2.72. The van der Waals surface area contributed by atoms with Crippen molar-refractivity contribution in [3.05, 3.63) is 42.5 Å². The molecule has 0 unspecified atom stereocenters. The molecule has 3 heteroatoms. The van der Waals surface area contributed by atoms with Crippen molar-refractivity contribution in [3.8, 4) is 5.75 Å². The Balaban J connectivity index is 3.29. The van der Waals surface area contributed by atoms with E-state index in [2.05, 4.69) is 13.2 Å². The molecule has 0 spiro atoms. The molecule has 0 bridgehead atoms. The molecular formula is C11H10O3. The van der Waals surface area contributed by atoms with Crippen LogP contribution in [0.15, 0.2) is 31.4 Å². The van der Waals surface area contributed by atoms with Crippen molar-refractivity contribution in [2.45, 2.75) is 0 Å². The molecule has 0 fully saturated rings. The fourth-order valence-corrected chi connectivity index (χ4v) is 1.08. The summed E-state index contributed by atoms with van der Waals surface area (Å²) in [4.78, 5) is 10.6. The van der Waals surface area contributed by atoms with E-state index >= 15 is 0 Å². The van der Waals surface area contributed by atoms with E-state index in [0.29, 0.717) is 5.56 Å². The van der Waals surface area contributed by atoms with Gasteiger partial charge in [0.1, 0.15) is 5.75 Å². The van der Waals surface area contributed by atoms with Crippen molar-refractivity contribution >= 4 is 17.6 Å². The summed E-state index contributed by atoms with van der Waals surface area (Å²) in [5.41, 5.74) is 0.575. The number of aromatic hydroxyl groups is 1. The second-order valence-electron chi connectivity index (χ2n) is 2.73. The first-order chi connectivity index (χ1) is 6.57. The number of carbonyl (C=O) groups is 1. The molecule has 2 N–H and O–H groups in total. The van der Waals surface area contributed by atoms with E-state index in [-0.39, 0.29) is 16.9 Å². The minimum absolute atomic E-state index is 0.102. The number of hydrogen-bond donors (Lipinski definition) is 2. The molecule has 1 rings (SSSR count). The Morgan fingerprint density at radius 3 is 2.57 bits per heavy atom. The zero-order chi connectivity index (χ0) is 10.7. The summed E-state index contributed by atoms with van der Waals surface area (Å²) in [6.07, 6.45) is 1.45. The Morgan fingerprint density at radius 1 is 1.43 bits per heavy atom. The second kappa shape index (κ2) is 3.79. The van der Waals surface area contributed by atoms with Crippen LogP contribution in [0.3, 0.4) is 0 Å². The van der Waals surface area contributed by atoms with Crippen LogP contribution in [0.25, 0.3) is 11.6 Å². The first-order valence-electron chi connectivity index (χ1n) is 3.95. The fraction of sp³-hybridized carbons (Fsp3) is 0. The Hall–Kier alpha value is -2.03. The molecule has 0 saturated heterocycles. The number of carboxylic acid groups (broad SMARTS) is 1. The van der Waals surface area contributed by atoms with E-state index in [1.807, 2.05) is 0 Å². The smallest absolute Gasteiger partial charge is 0.335 e. The molecular weight excluding hydrogens is 180 g/mol. The minimum Gasteiger partial charge on any atom is -0.507 e. The average Bonchev–Trinajstić information content (AvgIpc) is 2.17. The maximum Gasteiger partial charge on any atom is 0.335 e. The highest BCUT2D eigenvalue weighted by Gasteiger charge is 2.12. The van der Waals surface area contributed by atoms with Gasteiger partial charge in [-0.2, -0.15) is 0 Å². The van der Waals surface area contributed by atoms with Gasteiger partial charge in [0, 0.05) is 11.1 Å². The lowest BCUT2D eigenvalue weighted by atomic mass is 10.0. The molecule has 0 radical (unpaired) electrons. The largest absolute Gasteiger partial charge is 0.507 e. The summed E-state index contributed by atoms with van der Waals surface area (Å²) in [5.74, 6) is -1.25. The van der Waals surface area contributed by atoms with Crippen molar-refractivity contribution < 1.29 is 15.0 Å². The van der Waals surface area contributed by atoms with Crippen molar-refractivity contribution in [3.63, 3.8) is 0 Å². The molecule has 0 aliphatic carbocycles. The van der Waals surface area contributed by atoms with E-state index in [9.17, 15) is 9.90 Å². The Labute approximate surface area is 81.6 Å². The van der Waals surface area contributed by atoms with Crippen molar-refractivity contribution in [2.75, 3.05) is 0 Å². The zero-order valence-electron chi connectivity index (χ0n) is 7.53. The summed E-state index contributed by atoms with van der Waals surface area (Å²) in [5, 5.41) is 18.3. The standard InChI is InChI=1S/C11H10O3/c1-3-8-5-4-6-9(10(8)12)7(2)11(13)14/h3-6,12H,1-2H2,(H,13,14). The molecule has 0 aromatic heterocycles. The molecule has 72 valence electrons. The molecule has 0 saturated carbocycles. The molecule has 14 heavy (non-hydrogen) atoms. The van der Waals surface area contributed by atoms with Crippen LogP contribution in [0.1, 0.15) is 11.1 Å². The Morgan fingerprint density at radius 2 is 2.07 bits per heavy atom. The molecule has 0 aliphatic rings. The summed E-state index contributed by atoms with van der Waals surface area (Å²) in [6, 6.07) is 4.78. The third-order valence-corrected chi connectivity index (χ3v) is 1.87. The summed E-state index contributed by atoms with van der Waals surface area (Å²) < 4.78 is 0. The topological polar surface area (TPSA) is 57.5 Å². The van der Waals surface area contributed by atoms with Gasteiger partial charge in [0.15, 0.2) is 0 Å². The monoisotopic (exact) mass is 190 g/mol. The third kappa shape index (κ3) is 1.66. The van der Waals surface area contributed by atoms with Crippen molar-refractivity contribution in [1.29, 1.82) is 0 Å². The lowest BCUT2D eigenvalue weighted by Crippen LogP contribution is -1.98. The lowest BCUT2D eigenvalue weighted by molar-refractivity contribution is -0.130. The molecule has 0 atom stereocenters. The van der Waals surface area contributed by atoms with Crippen LogP contribution in [0.2, 0.25) is 0 Å². The number of para-hydroxylation sites is 1. The van der Waals surface area contributed by atoms with Crippen LogP contribution in [0.4, 0.5) is 0 Å². The average molecular weight is 190 g/mol. The van der Waals surface area contributed by atoms with E-state index in [4.69, 9.17) is 5.11 Å². The first-order valence-corrected chi connectivity index (χ1v) is 3.95. The third-order valence-electron chi connectivity index (χ3n) is 1.87. The highest BCUT2D eigenvalue weighted by molar-refractivity contribution is 6.15. The van der Waals surface area contributed by atoms with Crippen LogP contribution < -0.4 is 0 Å². The van der Waals surface area contributed by atoms with E-state index in [0.717, 1.165) is 0 Å². The number of rotatable bonds is 3. The van der Waals surface area contributed by atoms with Gasteiger partial charge in [-0.25, -0.2) is 4.79 Å². The summed E-state index contributed by atoms with van der Waals surface area (Å²) in [6.45, 7) is 6.87. The van der Waals surface area contributed by atoms with Gasteiger partial charge in [0.25, 0.3) is 0 Å². The maximum atomic E-state index is 10.6. The number of phenols is 1. The molecule has 3 nitrogen and oxygen atoms in total. The first kappa shape index (κ1) is 10.1. The second-order valence-corrected chi connectivity index (χ2v) is 2.73. The van der Waals surface area contributed by atoms with Crippen LogP contribution in [0.5, 0.6) is 5.75 Å². The van der Waals surface area contributed by atoms with Crippen molar-refractivity contribution in [1.82, 2.24) is 0 Å². The van der Waals surface area contributed by atoms with Crippen LogP contribution in [-0.2, 0) is 4.79 Å².